The molecule has 6 heteroatoms. The van der Waals surface area contributed by atoms with Gasteiger partial charge < -0.3 is 16.4 Å². The lowest BCUT2D eigenvalue weighted by molar-refractivity contribution is -0.114. The first-order chi connectivity index (χ1) is 9.04. The predicted octanol–water partition coefficient (Wildman–Crippen LogP) is 1.25. The van der Waals surface area contributed by atoms with Crippen molar-refractivity contribution in [1.82, 2.24) is 5.32 Å². The first-order valence-corrected chi connectivity index (χ1v) is 6.10. The first-order valence-electron chi connectivity index (χ1n) is 6.10. The van der Waals surface area contributed by atoms with Crippen molar-refractivity contribution in [3.05, 3.63) is 29.6 Å². The molecule has 2 amide bonds. The third-order valence-electron chi connectivity index (χ3n) is 2.46. The van der Waals surface area contributed by atoms with E-state index in [0.29, 0.717) is 18.7 Å². The molecule has 0 unspecified atom stereocenters. The summed E-state index contributed by atoms with van der Waals surface area (Å²) in [6.07, 6.45) is 1.63. The molecule has 0 saturated heterocycles. The van der Waals surface area contributed by atoms with Crippen molar-refractivity contribution in [2.45, 2.75) is 19.8 Å². The van der Waals surface area contributed by atoms with Gasteiger partial charge in [-0.25, -0.2) is 4.39 Å². The van der Waals surface area contributed by atoms with Gasteiger partial charge in [0.2, 0.25) is 5.91 Å². The maximum absolute atomic E-state index is 13.4. The molecule has 0 aromatic heterocycles. The standard InChI is InChI=1S/C13H18FN3O2/c1-9(18)17-12-8-10(4-5-11(12)14)13(19)16-7-3-2-6-15/h4-5,8H,2-3,6-7,15H2,1H3,(H,16,19)(H,17,18). The number of carbonyl (C=O) groups is 2. The topological polar surface area (TPSA) is 84.2 Å². The number of hydrogen-bond donors (Lipinski definition) is 3. The number of nitrogens with one attached hydrogen (secondary N) is 2. The third kappa shape index (κ3) is 5.05. The number of anilines is 1. The van der Waals surface area contributed by atoms with Gasteiger partial charge in [-0.15, -0.1) is 0 Å². The van der Waals surface area contributed by atoms with Gasteiger partial charge in [-0.05, 0) is 37.6 Å². The minimum absolute atomic E-state index is 0.00195. The second kappa shape index (κ2) is 7.48. The van der Waals surface area contributed by atoms with Crippen molar-refractivity contribution in [2.75, 3.05) is 18.4 Å². The Balaban J connectivity index is 2.67. The van der Waals surface area contributed by atoms with Gasteiger partial charge in [-0.3, -0.25) is 9.59 Å². The van der Waals surface area contributed by atoms with Crippen LogP contribution in [-0.2, 0) is 4.79 Å². The smallest absolute Gasteiger partial charge is 0.251 e. The van der Waals surface area contributed by atoms with Gasteiger partial charge in [0.1, 0.15) is 5.82 Å². The summed E-state index contributed by atoms with van der Waals surface area (Å²) in [7, 11) is 0. The SMILES string of the molecule is CC(=O)Nc1cc(C(=O)NCCCCN)ccc1F. The van der Waals surface area contributed by atoms with Gasteiger partial charge in [0.05, 0.1) is 5.69 Å². The fourth-order valence-electron chi connectivity index (χ4n) is 1.53. The molecule has 1 aromatic carbocycles. The van der Waals surface area contributed by atoms with Crippen LogP contribution in [0.5, 0.6) is 0 Å². The van der Waals surface area contributed by atoms with Crippen molar-refractivity contribution < 1.29 is 14.0 Å². The fourth-order valence-corrected chi connectivity index (χ4v) is 1.53. The van der Waals surface area contributed by atoms with Crippen LogP contribution >= 0.6 is 0 Å². The van der Waals surface area contributed by atoms with Crippen LogP contribution in [0, 0.1) is 5.82 Å². The highest BCUT2D eigenvalue weighted by atomic mass is 19.1. The highest BCUT2D eigenvalue weighted by Crippen LogP contribution is 2.16. The second-order valence-electron chi connectivity index (χ2n) is 4.13. The molecule has 19 heavy (non-hydrogen) atoms. The zero-order chi connectivity index (χ0) is 14.3. The largest absolute Gasteiger partial charge is 0.352 e. The summed E-state index contributed by atoms with van der Waals surface area (Å²) >= 11 is 0. The normalized spacial score (nSPS) is 10.1. The van der Waals surface area contributed by atoms with Gasteiger partial charge in [0, 0.05) is 19.0 Å². The quantitative estimate of drug-likeness (QED) is 0.678. The molecule has 0 bridgehead atoms. The van der Waals surface area contributed by atoms with E-state index in [-0.39, 0.29) is 17.5 Å². The molecule has 0 radical (unpaired) electrons. The van der Waals surface area contributed by atoms with Gasteiger partial charge in [0.25, 0.3) is 5.91 Å². The van der Waals surface area contributed by atoms with Crippen molar-refractivity contribution in [1.29, 1.82) is 0 Å². The van der Waals surface area contributed by atoms with E-state index in [9.17, 15) is 14.0 Å². The highest BCUT2D eigenvalue weighted by molar-refractivity contribution is 5.96. The molecule has 0 heterocycles. The summed E-state index contributed by atoms with van der Waals surface area (Å²) in [5.41, 5.74) is 5.65. The zero-order valence-electron chi connectivity index (χ0n) is 10.8. The average Bonchev–Trinajstić information content (AvgIpc) is 2.36. The summed E-state index contributed by atoms with van der Waals surface area (Å²) in [5.74, 6) is -1.27. The van der Waals surface area contributed by atoms with Gasteiger partial charge in [-0.1, -0.05) is 0 Å². The van der Waals surface area contributed by atoms with Crippen molar-refractivity contribution in [3.63, 3.8) is 0 Å². The summed E-state index contributed by atoms with van der Waals surface area (Å²) in [4.78, 5) is 22.7. The molecule has 1 aromatic rings. The summed E-state index contributed by atoms with van der Waals surface area (Å²) < 4.78 is 13.4. The molecular weight excluding hydrogens is 249 g/mol. The molecular formula is C13H18FN3O2. The molecule has 0 aliphatic carbocycles. The van der Waals surface area contributed by atoms with Crippen molar-refractivity contribution in [3.8, 4) is 0 Å². The molecule has 0 aliphatic rings. The monoisotopic (exact) mass is 267 g/mol. The van der Waals surface area contributed by atoms with Crippen LogP contribution in [0.2, 0.25) is 0 Å². The minimum Gasteiger partial charge on any atom is -0.352 e. The number of amides is 2. The Morgan fingerprint density at radius 2 is 2.05 bits per heavy atom. The summed E-state index contributed by atoms with van der Waals surface area (Å²) in [6, 6.07) is 3.84. The Kier molecular flexibility index (Phi) is 5.95. The lowest BCUT2D eigenvalue weighted by atomic mass is 10.1. The number of benzene rings is 1. The Morgan fingerprint density at radius 3 is 2.68 bits per heavy atom. The van der Waals surface area contributed by atoms with Gasteiger partial charge in [-0.2, -0.15) is 0 Å². The number of halogens is 1. The van der Waals surface area contributed by atoms with Crippen LogP contribution in [-0.4, -0.2) is 24.9 Å². The number of carbonyl (C=O) groups excluding carboxylic acids is 2. The van der Waals surface area contributed by atoms with Crippen molar-refractivity contribution >= 4 is 17.5 Å². The van der Waals surface area contributed by atoms with Crippen LogP contribution in [0.1, 0.15) is 30.1 Å². The lowest BCUT2D eigenvalue weighted by Gasteiger charge is -2.08. The average molecular weight is 267 g/mol. The van der Waals surface area contributed by atoms with E-state index in [2.05, 4.69) is 10.6 Å². The molecule has 0 fully saturated rings. The first kappa shape index (κ1) is 15.1. The van der Waals surface area contributed by atoms with Crippen LogP contribution in [0.3, 0.4) is 0 Å². The van der Waals surface area contributed by atoms with E-state index in [1.807, 2.05) is 0 Å². The van der Waals surface area contributed by atoms with E-state index < -0.39 is 5.82 Å². The molecule has 104 valence electrons. The summed E-state index contributed by atoms with van der Waals surface area (Å²) in [6.45, 7) is 2.38. The van der Waals surface area contributed by atoms with E-state index in [4.69, 9.17) is 5.73 Å². The maximum atomic E-state index is 13.4. The second-order valence-corrected chi connectivity index (χ2v) is 4.13. The lowest BCUT2D eigenvalue weighted by Crippen LogP contribution is -2.25. The molecule has 4 N–H and O–H groups in total. The van der Waals surface area contributed by atoms with E-state index >= 15 is 0 Å². The van der Waals surface area contributed by atoms with Crippen LogP contribution in [0.15, 0.2) is 18.2 Å². The van der Waals surface area contributed by atoms with Crippen LogP contribution < -0.4 is 16.4 Å². The Morgan fingerprint density at radius 1 is 1.32 bits per heavy atom. The minimum atomic E-state index is -0.574. The van der Waals surface area contributed by atoms with E-state index in [0.717, 1.165) is 18.9 Å². The number of nitrogens with two attached hydrogens (primary N) is 1. The zero-order valence-corrected chi connectivity index (χ0v) is 10.8. The maximum Gasteiger partial charge on any atom is 0.251 e. The Labute approximate surface area is 111 Å². The molecule has 5 nitrogen and oxygen atoms in total. The number of rotatable bonds is 6. The third-order valence-corrected chi connectivity index (χ3v) is 2.46. The van der Waals surface area contributed by atoms with E-state index in [1.54, 1.807) is 0 Å². The van der Waals surface area contributed by atoms with Crippen molar-refractivity contribution in [2.24, 2.45) is 5.73 Å². The number of hydrogen-bond acceptors (Lipinski definition) is 3. The molecule has 1 rings (SSSR count). The van der Waals surface area contributed by atoms with Crippen LogP contribution in [0.25, 0.3) is 0 Å². The predicted molar refractivity (Wildman–Crippen MR) is 71.3 cm³/mol. The molecule has 0 saturated carbocycles. The Hall–Kier alpha value is -1.95. The number of unbranched alkanes of at least 4 members (excludes halogenated alkanes) is 1. The Bertz CT molecular complexity index is 463. The molecule has 0 atom stereocenters. The van der Waals surface area contributed by atoms with E-state index in [1.165, 1.54) is 19.1 Å². The van der Waals surface area contributed by atoms with Crippen LogP contribution in [0.4, 0.5) is 10.1 Å². The fraction of sp³-hybridized carbons (Fsp3) is 0.385. The molecule has 0 aliphatic heterocycles. The summed E-state index contributed by atoms with van der Waals surface area (Å²) in [5, 5.41) is 5.04. The van der Waals surface area contributed by atoms with Gasteiger partial charge >= 0.3 is 0 Å². The highest BCUT2D eigenvalue weighted by Gasteiger charge is 2.10. The van der Waals surface area contributed by atoms with Gasteiger partial charge in [0.15, 0.2) is 0 Å². The molecule has 0 spiro atoms.